The van der Waals surface area contributed by atoms with Gasteiger partial charge in [0.1, 0.15) is 5.82 Å². The van der Waals surface area contributed by atoms with Crippen LogP contribution in [0.25, 0.3) is 0 Å². The first-order valence-corrected chi connectivity index (χ1v) is 11.2. The Kier molecular flexibility index (Phi) is 5.89. The summed E-state index contributed by atoms with van der Waals surface area (Å²) in [5.74, 6) is 0.00109. The van der Waals surface area contributed by atoms with Gasteiger partial charge in [-0.05, 0) is 62.1 Å². The highest BCUT2D eigenvalue weighted by molar-refractivity contribution is 7.93. The largest absolute Gasteiger partial charge is 0.322 e. The molecule has 1 fully saturated rings. The molecule has 0 bridgehead atoms. The van der Waals surface area contributed by atoms with Crippen molar-refractivity contribution in [2.75, 3.05) is 21.9 Å². The number of pyridine rings is 1. The van der Waals surface area contributed by atoms with E-state index >= 15 is 0 Å². The average Bonchev–Trinajstić information content (AvgIpc) is 3.02. The molecule has 0 atom stereocenters. The lowest BCUT2D eigenvalue weighted by atomic mass is 10.0. The molecule has 1 saturated heterocycles. The number of nitrogens with one attached hydrogen (secondary N) is 1. The van der Waals surface area contributed by atoms with E-state index in [4.69, 9.17) is 0 Å². The lowest BCUT2D eigenvalue weighted by molar-refractivity contribution is 0.102. The normalized spacial score (nSPS) is 15.2. The zero-order chi connectivity index (χ0) is 21.2. The Hall–Kier alpha value is -2.92. The summed E-state index contributed by atoms with van der Waals surface area (Å²) in [7, 11) is -3.39. The minimum absolute atomic E-state index is 0.0876. The summed E-state index contributed by atoms with van der Waals surface area (Å²) in [6.07, 6.45) is 2.28. The van der Waals surface area contributed by atoms with Crippen LogP contribution in [0.4, 0.5) is 11.5 Å². The van der Waals surface area contributed by atoms with E-state index in [9.17, 15) is 18.5 Å². The first kappa shape index (κ1) is 20.8. The first-order valence-electron chi connectivity index (χ1n) is 9.59. The summed E-state index contributed by atoms with van der Waals surface area (Å²) in [6.45, 7) is 5.96. The molecule has 0 aliphatic carbocycles. The highest BCUT2D eigenvalue weighted by Crippen LogP contribution is 2.26. The molecule has 3 rings (SSSR count). The maximum Gasteiger partial charge on any atom is 0.256 e. The van der Waals surface area contributed by atoms with E-state index < -0.39 is 10.0 Å². The van der Waals surface area contributed by atoms with Gasteiger partial charge in [0.25, 0.3) is 5.91 Å². The van der Waals surface area contributed by atoms with Crippen molar-refractivity contribution in [3.05, 3.63) is 52.2 Å². The molecule has 0 unspecified atom stereocenters. The van der Waals surface area contributed by atoms with Gasteiger partial charge in [-0.3, -0.25) is 9.10 Å². The maximum atomic E-state index is 13.0. The number of sulfonamides is 1. The molecule has 1 aliphatic heterocycles. The highest BCUT2D eigenvalue weighted by Gasteiger charge is 2.30. The number of anilines is 2. The lowest BCUT2D eigenvalue weighted by Crippen LogP contribution is -2.27. The molecular weight excluding hydrogens is 388 g/mol. The molecule has 8 heteroatoms. The van der Waals surface area contributed by atoms with Crippen LogP contribution in [0.1, 0.15) is 52.5 Å². The third kappa shape index (κ3) is 4.40. The molecule has 1 aromatic heterocycles. The molecule has 0 spiro atoms. The molecule has 2 heterocycles. The second-order valence-electron chi connectivity index (χ2n) is 7.21. The summed E-state index contributed by atoms with van der Waals surface area (Å²) in [5, 5.41) is 12.1. The molecule has 0 saturated carbocycles. The Bertz CT molecular complexity index is 1100. The second-order valence-corrected chi connectivity index (χ2v) is 9.23. The summed E-state index contributed by atoms with van der Waals surface area (Å²) in [4.78, 5) is 17.4. The van der Waals surface area contributed by atoms with Gasteiger partial charge in [-0.1, -0.05) is 13.3 Å². The van der Waals surface area contributed by atoms with Crippen molar-refractivity contribution >= 4 is 27.4 Å². The lowest BCUT2D eigenvalue weighted by Gasteiger charge is -2.19. The number of aromatic nitrogens is 1. The van der Waals surface area contributed by atoms with Crippen molar-refractivity contribution in [2.24, 2.45) is 0 Å². The Morgan fingerprint density at radius 1 is 1.28 bits per heavy atom. The van der Waals surface area contributed by atoms with Gasteiger partial charge in [-0.15, -0.1) is 0 Å². The van der Waals surface area contributed by atoms with Gasteiger partial charge < -0.3 is 5.32 Å². The third-order valence-corrected chi connectivity index (χ3v) is 6.87. The van der Waals surface area contributed by atoms with E-state index in [1.54, 1.807) is 19.9 Å². The van der Waals surface area contributed by atoms with E-state index in [-0.39, 0.29) is 17.5 Å². The zero-order valence-corrected chi connectivity index (χ0v) is 17.6. The Balaban J connectivity index is 1.96. The zero-order valence-electron chi connectivity index (χ0n) is 16.8. The summed E-state index contributed by atoms with van der Waals surface area (Å²) in [6, 6.07) is 8.96. The SMILES string of the molecule is CCCc1cc(C#N)cc(NC(=O)c2cc(N3CCCS3(=O)=O)nc(C)c2C)c1. The molecule has 1 N–H and O–H groups in total. The predicted octanol–water partition coefficient (Wildman–Crippen LogP) is 3.31. The van der Waals surface area contributed by atoms with Crippen LogP contribution in [0.15, 0.2) is 24.3 Å². The number of nitrogens with zero attached hydrogens (tertiary/aromatic N) is 3. The number of hydrogen-bond acceptors (Lipinski definition) is 5. The minimum Gasteiger partial charge on any atom is -0.322 e. The fourth-order valence-corrected chi connectivity index (χ4v) is 4.94. The monoisotopic (exact) mass is 412 g/mol. The molecule has 1 aromatic carbocycles. The number of nitriles is 1. The van der Waals surface area contributed by atoms with Gasteiger partial charge >= 0.3 is 0 Å². The van der Waals surface area contributed by atoms with Crippen LogP contribution in [-0.2, 0) is 16.4 Å². The van der Waals surface area contributed by atoms with Gasteiger partial charge in [0.15, 0.2) is 0 Å². The van der Waals surface area contributed by atoms with E-state index in [0.29, 0.717) is 41.0 Å². The quantitative estimate of drug-likeness (QED) is 0.811. The molecule has 152 valence electrons. The molecule has 0 radical (unpaired) electrons. The summed E-state index contributed by atoms with van der Waals surface area (Å²) < 4.78 is 25.8. The number of hydrogen-bond donors (Lipinski definition) is 1. The maximum absolute atomic E-state index is 13.0. The first-order chi connectivity index (χ1) is 13.7. The topological polar surface area (TPSA) is 103 Å². The molecule has 1 aliphatic rings. The van der Waals surface area contributed by atoms with Crippen molar-refractivity contribution in [1.82, 2.24) is 4.98 Å². The number of aryl methyl sites for hydroxylation is 2. The molecule has 7 nitrogen and oxygen atoms in total. The van der Waals surface area contributed by atoms with Gasteiger partial charge in [0, 0.05) is 23.5 Å². The van der Waals surface area contributed by atoms with Gasteiger partial charge in [-0.25, -0.2) is 13.4 Å². The smallest absolute Gasteiger partial charge is 0.256 e. The van der Waals surface area contributed by atoms with E-state index in [0.717, 1.165) is 18.4 Å². The minimum atomic E-state index is -3.39. The van der Waals surface area contributed by atoms with Crippen LogP contribution >= 0.6 is 0 Å². The fourth-order valence-electron chi connectivity index (χ4n) is 3.44. The molecule has 1 amide bonds. The van der Waals surface area contributed by atoms with Gasteiger partial charge in [0.2, 0.25) is 10.0 Å². The number of carbonyl (C=O) groups excluding carboxylic acids is 1. The average molecular weight is 413 g/mol. The molecule has 29 heavy (non-hydrogen) atoms. The molecular formula is C21H24N4O3S. The van der Waals surface area contributed by atoms with Crippen LogP contribution in [0, 0.1) is 25.2 Å². The third-order valence-electron chi connectivity index (χ3n) is 5.02. The van der Waals surface area contributed by atoms with Crippen LogP contribution in [0.3, 0.4) is 0 Å². The number of benzene rings is 1. The van der Waals surface area contributed by atoms with E-state index in [1.165, 1.54) is 10.4 Å². The van der Waals surface area contributed by atoms with E-state index in [1.807, 2.05) is 19.1 Å². The van der Waals surface area contributed by atoms with Crippen LogP contribution in [-0.4, -0.2) is 31.6 Å². The van der Waals surface area contributed by atoms with Crippen molar-refractivity contribution < 1.29 is 13.2 Å². The summed E-state index contributed by atoms with van der Waals surface area (Å²) in [5.41, 5.74) is 3.67. The number of amides is 1. The van der Waals surface area contributed by atoms with Crippen molar-refractivity contribution in [1.29, 1.82) is 5.26 Å². The van der Waals surface area contributed by atoms with Crippen LogP contribution < -0.4 is 9.62 Å². The van der Waals surface area contributed by atoms with Gasteiger partial charge in [-0.2, -0.15) is 5.26 Å². The van der Waals surface area contributed by atoms with Crippen molar-refractivity contribution in [3.8, 4) is 6.07 Å². The van der Waals surface area contributed by atoms with Crippen molar-refractivity contribution in [3.63, 3.8) is 0 Å². The van der Waals surface area contributed by atoms with Crippen molar-refractivity contribution in [2.45, 2.75) is 40.0 Å². The Morgan fingerprint density at radius 3 is 2.66 bits per heavy atom. The van der Waals surface area contributed by atoms with Crippen LogP contribution in [0.5, 0.6) is 0 Å². The number of carbonyl (C=O) groups is 1. The molecule has 2 aromatic rings. The van der Waals surface area contributed by atoms with Crippen LogP contribution in [0.2, 0.25) is 0 Å². The fraction of sp³-hybridized carbons (Fsp3) is 0.381. The van der Waals surface area contributed by atoms with E-state index in [2.05, 4.69) is 16.4 Å². The highest BCUT2D eigenvalue weighted by atomic mass is 32.2. The Morgan fingerprint density at radius 2 is 2.03 bits per heavy atom. The Labute approximate surface area is 171 Å². The summed E-state index contributed by atoms with van der Waals surface area (Å²) >= 11 is 0. The van der Waals surface area contributed by atoms with Gasteiger partial charge in [0.05, 0.1) is 17.4 Å². The predicted molar refractivity (Wildman–Crippen MR) is 113 cm³/mol. The standard InChI is InChI=1S/C21H24N4O3S/c1-4-6-16-9-17(13-22)11-18(10-16)24-21(26)19-12-20(23-15(3)14(19)2)25-7-5-8-29(25,27)28/h9-12H,4-8H2,1-3H3,(H,24,26). The number of rotatable bonds is 5. The second kappa shape index (κ2) is 8.21.